The number of rotatable bonds is 3. The molecule has 0 saturated carbocycles. The fourth-order valence-electron chi connectivity index (χ4n) is 1.83. The summed E-state index contributed by atoms with van der Waals surface area (Å²) in [5.74, 6) is 0. The quantitative estimate of drug-likeness (QED) is 0.837. The molecule has 0 aromatic carbocycles. The molecule has 0 fully saturated rings. The highest BCUT2D eigenvalue weighted by atomic mass is 15.3. The van der Waals surface area contributed by atoms with Gasteiger partial charge in [0.05, 0.1) is 24.3 Å². The first-order valence-electron chi connectivity index (χ1n) is 5.32. The Hall–Kier alpha value is -1.62. The van der Waals surface area contributed by atoms with E-state index in [1.54, 1.807) is 0 Å². The van der Waals surface area contributed by atoms with E-state index in [9.17, 15) is 0 Å². The Morgan fingerprint density at radius 3 is 2.81 bits per heavy atom. The van der Waals surface area contributed by atoms with E-state index in [-0.39, 0.29) is 6.04 Å². The molecule has 0 aliphatic heterocycles. The molecule has 0 saturated heterocycles. The zero-order valence-electron chi connectivity index (χ0n) is 9.88. The maximum Gasteiger partial charge on any atom is 0.0951 e. The van der Waals surface area contributed by atoms with E-state index in [4.69, 9.17) is 5.73 Å². The van der Waals surface area contributed by atoms with Crippen LogP contribution < -0.4 is 5.73 Å². The van der Waals surface area contributed by atoms with Crippen molar-refractivity contribution < 1.29 is 0 Å². The van der Waals surface area contributed by atoms with Crippen LogP contribution in [0.1, 0.15) is 29.9 Å². The molecule has 86 valence electrons. The number of hydrogen-bond donors (Lipinski definition) is 1. The SMILES string of the molecule is Cc1nn(C)cc1Cn1cncc1C(C)N. The average Bonchev–Trinajstić information content (AvgIpc) is 2.75. The van der Waals surface area contributed by atoms with Gasteiger partial charge in [0.25, 0.3) is 0 Å². The van der Waals surface area contributed by atoms with Crippen LogP contribution in [0.2, 0.25) is 0 Å². The van der Waals surface area contributed by atoms with E-state index < -0.39 is 0 Å². The average molecular weight is 219 g/mol. The van der Waals surface area contributed by atoms with E-state index in [0.717, 1.165) is 17.9 Å². The summed E-state index contributed by atoms with van der Waals surface area (Å²) in [4.78, 5) is 4.13. The van der Waals surface area contributed by atoms with Gasteiger partial charge in [0.1, 0.15) is 0 Å². The van der Waals surface area contributed by atoms with Crippen molar-refractivity contribution in [3.8, 4) is 0 Å². The smallest absolute Gasteiger partial charge is 0.0951 e. The van der Waals surface area contributed by atoms with Crippen LogP contribution in [0.5, 0.6) is 0 Å². The molecular weight excluding hydrogens is 202 g/mol. The molecule has 2 aromatic heterocycles. The van der Waals surface area contributed by atoms with Crippen molar-refractivity contribution in [1.29, 1.82) is 0 Å². The summed E-state index contributed by atoms with van der Waals surface area (Å²) in [6, 6.07) is -0.000484. The predicted molar refractivity (Wildman–Crippen MR) is 61.9 cm³/mol. The lowest BCUT2D eigenvalue weighted by molar-refractivity contribution is 0.672. The van der Waals surface area contributed by atoms with Gasteiger partial charge in [-0.2, -0.15) is 5.10 Å². The van der Waals surface area contributed by atoms with Crippen LogP contribution in [0.15, 0.2) is 18.7 Å². The number of hydrogen-bond acceptors (Lipinski definition) is 3. The molecule has 2 rings (SSSR count). The summed E-state index contributed by atoms with van der Waals surface area (Å²) in [6.45, 7) is 4.75. The van der Waals surface area contributed by atoms with Gasteiger partial charge in [-0.05, 0) is 13.8 Å². The van der Waals surface area contributed by atoms with Crippen molar-refractivity contribution in [2.45, 2.75) is 26.4 Å². The number of aryl methyl sites for hydroxylation is 2. The van der Waals surface area contributed by atoms with E-state index >= 15 is 0 Å². The van der Waals surface area contributed by atoms with Gasteiger partial charge in [-0.1, -0.05) is 0 Å². The Labute approximate surface area is 94.9 Å². The first-order valence-corrected chi connectivity index (χ1v) is 5.32. The molecule has 1 unspecified atom stereocenters. The van der Waals surface area contributed by atoms with Gasteiger partial charge < -0.3 is 10.3 Å². The van der Waals surface area contributed by atoms with Crippen molar-refractivity contribution in [3.05, 3.63) is 35.7 Å². The van der Waals surface area contributed by atoms with Crippen LogP contribution in [0, 0.1) is 6.92 Å². The summed E-state index contributed by atoms with van der Waals surface area (Å²) in [6.07, 6.45) is 5.65. The van der Waals surface area contributed by atoms with Gasteiger partial charge in [0.2, 0.25) is 0 Å². The number of imidazole rings is 1. The number of nitrogens with zero attached hydrogens (tertiary/aromatic N) is 4. The van der Waals surface area contributed by atoms with E-state index in [1.165, 1.54) is 5.56 Å². The van der Waals surface area contributed by atoms with E-state index in [0.29, 0.717) is 0 Å². The maximum absolute atomic E-state index is 5.87. The van der Waals surface area contributed by atoms with Gasteiger partial charge in [0.15, 0.2) is 0 Å². The molecule has 0 spiro atoms. The van der Waals surface area contributed by atoms with Crippen LogP contribution in [0.25, 0.3) is 0 Å². The third-order valence-electron chi connectivity index (χ3n) is 2.67. The zero-order valence-corrected chi connectivity index (χ0v) is 9.88. The monoisotopic (exact) mass is 219 g/mol. The van der Waals surface area contributed by atoms with Gasteiger partial charge in [-0.15, -0.1) is 0 Å². The van der Waals surface area contributed by atoms with Crippen LogP contribution in [-0.2, 0) is 13.6 Å². The summed E-state index contributed by atoms with van der Waals surface area (Å²) in [7, 11) is 1.93. The lowest BCUT2D eigenvalue weighted by atomic mass is 10.2. The standard InChI is InChI=1S/C11H17N5/c1-8(12)11-4-13-7-16(11)6-10-5-15(3)14-9(10)2/h4-5,7-8H,6,12H2,1-3H3. The van der Waals surface area contributed by atoms with Gasteiger partial charge >= 0.3 is 0 Å². The summed E-state index contributed by atoms with van der Waals surface area (Å²) >= 11 is 0. The van der Waals surface area contributed by atoms with E-state index in [2.05, 4.69) is 14.6 Å². The molecule has 1 atom stereocenters. The molecule has 2 aromatic rings. The Morgan fingerprint density at radius 1 is 1.50 bits per heavy atom. The molecule has 16 heavy (non-hydrogen) atoms. The van der Waals surface area contributed by atoms with Crippen molar-refractivity contribution in [2.24, 2.45) is 12.8 Å². The highest BCUT2D eigenvalue weighted by Crippen LogP contribution is 2.13. The second-order valence-corrected chi connectivity index (χ2v) is 4.15. The summed E-state index contributed by atoms with van der Waals surface area (Å²) in [5, 5.41) is 4.32. The number of aromatic nitrogens is 4. The molecule has 0 bridgehead atoms. The van der Waals surface area contributed by atoms with Gasteiger partial charge in [-0.25, -0.2) is 4.98 Å². The van der Waals surface area contributed by atoms with Crippen LogP contribution in [0.4, 0.5) is 0 Å². The van der Waals surface area contributed by atoms with Crippen molar-refractivity contribution in [2.75, 3.05) is 0 Å². The third kappa shape index (κ3) is 1.99. The van der Waals surface area contributed by atoms with E-state index in [1.807, 2.05) is 44.3 Å². The highest BCUT2D eigenvalue weighted by molar-refractivity contribution is 5.17. The van der Waals surface area contributed by atoms with Crippen molar-refractivity contribution in [1.82, 2.24) is 19.3 Å². The lowest BCUT2D eigenvalue weighted by Gasteiger charge is -2.09. The molecule has 2 heterocycles. The second-order valence-electron chi connectivity index (χ2n) is 4.15. The minimum atomic E-state index is -0.000484. The van der Waals surface area contributed by atoms with Gasteiger partial charge in [-0.3, -0.25) is 4.68 Å². The van der Waals surface area contributed by atoms with Gasteiger partial charge in [0, 0.05) is 31.0 Å². The first-order chi connectivity index (χ1) is 7.58. The predicted octanol–water partition coefficient (Wildman–Crippen LogP) is 0.993. The summed E-state index contributed by atoms with van der Waals surface area (Å²) in [5.41, 5.74) is 9.16. The molecule has 0 aliphatic carbocycles. The Balaban J connectivity index is 2.27. The number of nitrogens with two attached hydrogens (primary N) is 1. The van der Waals surface area contributed by atoms with Crippen LogP contribution >= 0.6 is 0 Å². The molecule has 0 aliphatic rings. The van der Waals surface area contributed by atoms with Crippen LogP contribution in [0.3, 0.4) is 0 Å². The van der Waals surface area contributed by atoms with Crippen molar-refractivity contribution >= 4 is 0 Å². The Bertz CT molecular complexity index is 480. The first kappa shape index (κ1) is 10.9. The molecule has 0 radical (unpaired) electrons. The topological polar surface area (TPSA) is 61.7 Å². The zero-order chi connectivity index (χ0) is 11.7. The molecular formula is C11H17N5. The highest BCUT2D eigenvalue weighted by Gasteiger charge is 2.09. The normalized spacial score (nSPS) is 13.0. The Morgan fingerprint density at radius 2 is 2.25 bits per heavy atom. The fourth-order valence-corrected chi connectivity index (χ4v) is 1.83. The van der Waals surface area contributed by atoms with Crippen molar-refractivity contribution in [3.63, 3.8) is 0 Å². The minimum Gasteiger partial charge on any atom is -0.329 e. The largest absolute Gasteiger partial charge is 0.329 e. The molecule has 2 N–H and O–H groups in total. The van der Waals surface area contributed by atoms with Crippen LogP contribution in [-0.4, -0.2) is 19.3 Å². The minimum absolute atomic E-state index is 0.000484. The Kier molecular flexibility index (Phi) is 2.78. The maximum atomic E-state index is 5.87. The molecule has 5 nitrogen and oxygen atoms in total. The molecule has 5 heteroatoms. The molecule has 0 amide bonds. The summed E-state index contributed by atoms with van der Waals surface area (Å²) < 4.78 is 3.89. The third-order valence-corrected chi connectivity index (χ3v) is 2.67. The lowest BCUT2D eigenvalue weighted by Crippen LogP contribution is -2.12. The second kappa shape index (κ2) is 4.09. The fraction of sp³-hybridized carbons (Fsp3) is 0.455.